The average Bonchev–Trinajstić information content (AvgIpc) is 2.13. The largest absolute Gasteiger partial charge is 0.377 e. The number of nitrogens with zero attached hydrogens (tertiary/aromatic N) is 1. The Bertz CT molecular complexity index is 607. The monoisotopic (exact) mass is 312 g/mol. The molecule has 3 N–H and O–H groups in total. The third kappa shape index (κ3) is 3.89. The summed E-state index contributed by atoms with van der Waals surface area (Å²) >= 11 is 4.49. The van der Waals surface area contributed by atoms with Crippen molar-refractivity contribution in [2.24, 2.45) is 0 Å². The number of para-hydroxylation sites is 1. The molecule has 0 saturated carbocycles. The van der Waals surface area contributed by atoms with Crippen molar-refractivity contribution in [3.63, 3.8) is 0 Å². The Hall–Kier alpha value is -1.27. The number of thiocarbonyl (C=S) groups is 1. The average molecular weight is 312 g/mol. The van der Waals surface area contributed by atoms with E-state index >= 15 is 0 Å². The molecule has 0 atom stereocenters. The molecule has 0 aliphatic carbocycles. The zero-order chi connectivity index (χ0) is 14.0. The first-order chi connectivity index (χ1) is 8.12. The lowest BCUT2D eigenvalue weighted by Crippen LogP contribution is -2.43. The van der Waals surface area contributed by atoms with E-state index in [1.165, 1.54) is 12.1 Å². The second-order valence-electron chi connectivity index (χ2n) is 2.95. The highest BCUT2D eigenvalue weighted by Gasteiger charge is 2.33. The van der Waals surface area contributed by atoms with Crippen LogP contribution in [0.25, 0.3) is 0 Å². The molecule has 1 aromatic carbocycles. The third-order valence-electron chi connectivity index (χ3n) is 1.61. The van der Waals surface area contributed by atoms with Crippen molar-refractivity contribution in [1.82, 2.24) is 3.71 Å². The normalized spacial score (nSPS) is 11.9. The van der Waals surface area contributed by atoms with Crippen molar-refractivity contribution >= 4 is 43.6 Å². The predicted octanol–water partition coefficient (Wildman–Crippen LogP) is 0.291. The Kier molecular flexibility index (Phi) is 4.24. The minimum atomic E-state index is -5.25. The fraction of sp³-hybridized carbons (Fsp3) is 0. The molecule has 100 valence electrons. The van der Waals surface area contributed by atoms with Gasteiger partial charge in [0.2, 0.25) is 5.11 Å². The molecule has 0 aromatic heterocycles. The van der Waals surface area contributed by atoms with Crippen molar-refractivity contribution in [2.75, 3.05) is 5.32 Å². The van der Waals surface area contributed by atoms with Gasteiger partial charge < -0.3 is 5.32 Å². The lowest BCUT2D eigenvalue weighted by Gasteiger charge is -2.18. The van der Waals surface area contributed by atoms with Crippen LogP contribution in [0.4, 0.5) is 5.69 Å². The Balaban J connectivity index is 3.07. The summed E-state index contributed by atoms with van der Waals surface area (Å²) in [4.78, 5) is 0. The third-order valence-corrected chi connectivity index (χ3v) is 4.46. The van der Waals surface area contributed by atoms with Crippen LogP contribution in [0, 0.1) is 0 Å². The number of rotatable bonds is 3. The van der Waals surface area contributed by atoms with Gasteiger partial charge in [-0.25, -0.2) is 0 Å². The molecule has 18 heavy (non-hydrogen) atoms. The van der Waals surface area contributed by atoms with Crippen molar-refractivity contribution in [3.8, 4) is 0 Å². The standard InChI is InChI=1S/C7H8N2O6S3/c10-17(11,12)9(18(13,14)15)7(16)8-6-4-2-1-3-5-6/h1-5H,(H,8,16)(H,10,11,12)(H,13,14,15). The smallest absolute Gasteiger partial charge is 0.331 e. The Labute approximate surface area is 109 Å². The Morgan fingerprint density at radius 2 is 1.50 bits per heavy atom. The SMILES string of the molecule is O=S(=O)(O)N(C(=S)Nc1ccccc1)S(=O)(=O)O. The maximum atomic E-state index is 10.8. The van der Waals surface area contributed by atoms with Crippen molar-refractivity contribution in [1.29, 1.82) is 0 Å². The number of hydrogen-bond acceptors (Lipinski definition) is 5. The maximum absolute atomic E-state index is 10.8. The van der Waals surface area contributed by atoms with Crippen LogP contribution in [0.1, 0.15) is 0 Å². The molecule has 1 aromatic rings. The van der Waals surface area contributed by atoms with Gasteiger partial charge >= 0.3 is 20.6 Å². The first-order valence-corrected chi connectivity index (χ1v) is 7.44. The van der Waals surface area contributed by atoms with Crippen molar-refractivity contribution < 1.29 is 25.9 Å². The van der Waals surface area contributed by atoms with Gasteiger partial charge in [0, 0.05) is 5.69 Å². The van der Waals surface area contributed by atoms with E-state index in [4.69, 9.17) is 9.11 Å². The molecule has 0 amide bonds. The van der Waals surface area contributed by atoms with Gasteiger partial charge in [-0.05, 0) is 24.4 Å². The summed E-state index contributed by atoms with van der Waals surface area (Å²) in [7, 11) is -10.5. The van der Waals surface area contributed by atoms with Gasteiger partial charge in [-0.1, -0.05) is 21.9 Å². The van der Waals surface area contributed by atoms with E-state index in [1.807, 2.05) is 0 Å². The highest BCUT2D eigenvalue weighted by atomic mass is 32.3. The molecule has 0 heterocycles. The molecule has 0 saturated heterocycles. The van der Waals surface area contributed by atoms with Gasteiger partial charge in [0.05, 0.1) is 0 Å². The van der Waals surface area contributed by atoms with Gasteiger partial charge in [-0.2, -0.15) is 16.8 Å². The highest BCUT2D eigenvalue weighted by Crippen LogP contribution is 2.11. The maximum Gasteiger partial charge on any atom is 0.377 e. The first-order valence-electron chi connectivity index (χ1n) is 4.24. The second kappa shape index (κ2) is 5.16. The lowest BCUT2D eigenvalue weighted by atomic mass is 10.3. The van der Waals surface area contributed by atoms with E-state index in [-0.39, 0.29) is 5.69 Å². The van der Waals surface area contributed by atoms with E-state index in [0.29, 0.717) is 0 Å². The van der Waals surface area contributed by atoms with E-state index in [0.717, 1.165) is 0 Å². The molecule has 11 heteroatoms. The molecule has 0 bridgehead atoms. The fourth-order valence-corrected chi connectivity index (χ4v) is 3.16. The summed E-state index contributed by atoms with van der Waals surface area (Å²) in [6, 6.07) is 7.76. The van der Waals surface area contributed by atoms with Crippen LogP contribution in [0.2, 0.25) is 0 Å². The molecule has 0 spiro atoms. The molecule has 0 unspecified atom stereocenters. The molecule has 8 nitrogen and oxygen atoms in total. The van der Waals surface area contributed by atoms with Gasteiger partial charge in [-0.15, -0.1) is 0 Å². The van der Waals surface area contributed by atoms with E-state index in [2.05, 4.69) is 17.5 Å². The van der Waals surface area contributed by atoms with Crippen LogP contribution in [0.15, 0.2) is 30.3 Å². The molecular formula is C7H8N2O6S3. The minimum absolute atomic E-state index is 0.278. The molecule has 1 rings (SSSR count). The van der Waals surface area contributed by atoms with E-state index in [9.17, 15) is 16.8 Å². The quantitative estimate of drug-likeness (QED) is 0.537. The van der Waals surface area contributed by atoms with Crippen LogP contribution >= 0.6 is 12.2 Å². The van der Waals surface area contributed by atoms with E-state index < -0.39 is 29.4 Å². The number of anilines is 1. The summed E-state index contributed by atoms with van der Waals surface area (Å²) in [5.41, 5.74) is 0.278. The van der Waals surface area contributed by atoms with Crippen LogP contribution in [0.5, 0.6) is 0 Å². The Morgan fingerprint density at radius 3 is 1.89 bits per heavy atom. The van der Waals surface area contributed by atoms with Crippen molar-refractivity contribution in [3.05, 3.63) is 30.3 Å². The van der Waals surface area contributed by atoms with Crippen molar-refractivity contribution in [2.45, 2.75) is 0 Å². The zero-order valence-electron chi connectivity index (χ0n) is 8.59. The summed E-state index contributed by atoms with van der Waals surface area (Å²) < 4.78 is 60.0. The summed E-state index contributed by atoms with van der Waals surface area (Å²) in [5, 5.41) is 1.32. The molecule has 0 radical (unpaired) electrons. The van der Waals surface area contributed by atoms with Crippen LogP contribution < -0.4 is 5.32 Å². The summed E-state index contributed by atoms with van der Waals surface area (Å²) in [5.74, 6) is 0. The number of nitrogens with one attached hydrogen (secondary N) is 1. The second-order valence-corrected chi connectivity index (χ2v) is 6.09. The van der Waals surface area contributed by atoms with Gasteiger partial charge in [0.25, 0.3) is 0 Å². The predicted molar refractivity (Wildman–Crippen MR) is 67.6 cm³/mol. The zero-order valence-corrected chi connectivity index (χ0v) is 11.0. The number of benzene rings is 1. The van der Waals surface area contributed by atoms with Gasteiger partial charge in [-0.3, -0.25) is 9.11 Å². The molecule has 0 aliphatic rings. The molecule has 0 fully saturated rings. The van der Waals surface area contributed by atoms with Crippen LogP contribution in [-0.4, -0.2) is 34.8 Å². The minimum Gasteiger partial charge on any atom is -0.331 e. The van der Waals surface area contributed by atoms with Crippen LogP contribution in [-0.2, 0) is 20.6 Å². The lowest BCUT2D eigenvalue weighted by molar-refractivity contribution is 0.423. The Morgan fingerprint density at radius 1 is 1.06 bits per heavy atom. The molecule has 0 aliphatic heterocycles. The molecular weight excluding hydrogens is 304 g/mol. The summed E-state index contributed by atoms with van der Waals surface area (Å²) in [6.07, 6.45) is 0. The van der Waals surface area contributed by atoms with Gasteiger partial charge in [0.1, 0.15) is 0 Å². The van der Waals surface area contributed by atoms with Gasteiger partial charge in [0.15, 0.2) is 0 Å². The first kappa shape index (κ1) is 14.8. The topological polar surface area (TPSA) is 124 Å². The highest BCUT2D eigenvalue weighted by molar-refractivity contribution is 8.01. The van der Waals surface area contributed by atoms with Crippen LogP contribution in [0.3, 0.4) is 0 Å². The number of hydrogen-bond donors (Lipinski definition) is 3. The fourth-order valence-electron chi connectivity index (χ4n) is 1.02. The summed E-state index contributed by atoms with van der Waals surface area (Å²) in [6.45, 7) is 0. The van der Waals surface area contributed by atoms with E-state index in [1.54, 1.807) is 18.2 Å².